The minimum Gasteiger partial charge on any atom is -0.392 e. The standard InChI is InChI=1S/C8H8Br2O.C8H11BrO/c9-8(10)6-4-2-1-3-5(6)7(8)11;9-7-5-3-1-2-4-6(5)8(7)10/h2,4-6H,1,3H2;1,3,5-8,10H,2,4H2/t5-,6+;5-,6+,7?,8+/m11/s1. The second-order valence-corrected chi connectivity index (χ2v) is 10.9. The van der Waals surface area contributed by atoms with Crippen LogP contribution in [0.2, 0.25) is 0 Å². The Hall–Kier alpha value is 0.550. The topological polar surface area (TPSA) is 37.3 Å². The third-order valence-electron chi connectivity index (χ3n) is 5.16. The zero-order valence-corrected chi connectivity index (χ0v) is 16.3. The minimum atomic E-state index is -0.429. The first-order valence-corrected chi connectivity index (χ1v) is 10.0. The molecule has 2 saturated carbocycles. The van der Waals surface area contributed by atoms with Crippen LogP contribution in [0.15, 0.2) is 24.3 Å². The first-order valence-electron chi connectivity index (χ1n) is 7.52. The maximum absolute atomic E-state index is 11.4. The fraction of sp³-hybridized carbons (Fsp3) is 0.688. The third kappa shape index (κ3) is 2.77. The van der Waals surface area contributed by atoms with E-state index >= 15 is 0 Å². The highest BCUT2D eigenvalue weighted by molar-refractivity contribution is 9.26. The number of allylic oxidation sites excluding steroid dienone is 4. The van der Waals surface area contributed by atoms with Crippen LogP contribution in [0.4, 0.5) is 0 Å². The van der Waals surface area contributed by atoms with E-state index in [4.69, 9.17) is 0 Å². The lowest BCUT2D eigenvalue weighted by atomic mass is 9.66. The molecule has 0 aromatic rings. The molecule has 0 bridgehead atoms. The summed E-state index contributed by atoms with van der Waals surface area (Å²) in [5, 5.41) is 9.43. The summed E-state index contributed by atoms with van der Waals surface area (Å²) in [6, 6.07) is 0. The molecule has 0 spiro atoms. The van der Waals surface area contributed by atoms with Gasteiger partial charge in [0.25, 0.3) is 0 Å². The second-order valence-electron chi connectivity index (χ2n) is 6.31. The van der Waals surface area contributed by atoms with Gasteiger partial charge in [-0.1, -0.05) is 72.1 Å². The first-order chi connectivity index (χ1) is 9.94. The molecule has 2 nitrogen and oxygen atoms in total. The van der Waals surface area contributed by atoms with Crippen LogP contribution in [0.5, 0.6) is 0 Å². The van der Waals surface area contributed by atoms with E-state index in [0.717, 1.165) is 19.3 Å². The number of carbonyl (C=O) groups excluding carboxylic acids is 1. The van der Waals surface area contributed by atoms with Crippen molar-refractivity contribution in [2.75, 3.05) is 0 Å². The van der Waals surface area contributed by atoms with E-state index in [1.54, 1.807) is 0 Å². The molecule has 2 fully saturated rings. The maximum Gasteiger partial charge on any atom is 0.164 e. The Kier molecular flexibility index (Phi) is 4.86. The van der Waals surface area contributed by atoms with E-state index in [0.29, 0.717) is 28.4 Å². The molecule has 1 unspecified atom stereocenters. The molecule has 0 aromatic carbocycles. The van der Waals surface area contributed by atoms with Crippen LogP contribution < -0.4 is 0 Å². The van der Waals surface area contributed by atoms with Crippen LogP contribution >= 0.6 is 47.8 Å². The number of ketones is 1. The zero-order valence-electron chi connectivity index (χ0n) is 11.6. The molecule has 5 heteroatoms. The summed E-state index contributed by atoms with van der Waals surface area (Å²) in [6.45, 7) is 0. The summed E-state index contributed by atoms with van der Waals surface area (Å²) >= 11 is 10.2. The Bertz CT molecular complexity index is 486. The monoisotopic (exact) mass is 480 g/mol. The molecule has 6 atom stereocenters. The SMILES string of the molecule is O=C1[C@@H]2CCC=C[C@@H]2C1(Br)Br.O[C@@H]1C(Br)[C@@H]2C=CCC[C@H]12. The number of rotatable bonds is 0. The summed E-state index contributed by atoms with van der Waals surface area (Å²) in [4.78, 5) is 11.7. The highest BCUT2D eigenvalue weighted by atomic mass is 79.9. The van der Waals surface area contributed by atoms with E-state index in [9.17, 15) is 9.90 Å². The molecule has 0 aromatic heterocycles. The normalized spacial score (nSPS) is 45.4. The highest BCUT2D eigenvalue weighted by Crippen LogP contribution is 2.55. The number of Topliss-reactive ketones (excluding diaryl/α,β-unsaturated/α-hetero) is 1. The van der Waals surface area contributed by atoms with Gasteiger partial charge in [-0.05, 0) is 37.5 Å². The second kappa shape index (κ2) is 6.21. The van der Waals surface area contributed by atoms with Crippen LogP contribution in [-0.4, -0.2) is 25.1 Å². The number of aliphatic hydroxyl groups is 1. The summed E-state index contributed by atoms with van der Waals surface area (Å²) in [5.41, 5.74) is 0. The first kappa shape index (κ1) is 16.4. The summed E-state index contributed by atoms with van der Waals surface area (Å²) in [6.07, 6.45) is 13.1. The van der Waals surface area contributed by atoms with Crippen LogP contribution in [0.3, 0.4) is 0 Å². The van der Waals surface area contributed by atoms with Crippen molar-refractivity contribution in [3.05, 3.63) is 24.3 Å². The van der Waals surface area contributed by atoms with Crippen LogP contribution in [0.1, 0.15) is 25.7 Å². The Balaban J connectivity index is 0.000000126. The zero-order chi connectivity index (χ0) is 15.2. The van der Waals surface area contributed by atoms with Crippen molar-refractivity contribution >= 4 is 53.6 Å². The van der Waals surface area contributed by atoms with Crippen molar-refractivity contribution < 1.29 is 9.90 Å². The molecule has 21 heavy (non-hydrogen) atoms. The molecule has 116 valence electrons. The lowest BCUT2D eigenvalue weighted by Crippen LogP contribution is -2.55. The van der Waals surface area contributed by atoms with Gasteiger partial charge in [0.1, 0.15) is 3.23 Å². The molecule has 1 N–H and O–H groups in total. The van der Waals surface area contributed by atoms with Gasteiger partial charge in [-0.3, -0.25) is 4.79 Å². The predicted molar refractivity (Wildman–Crippen MR) is 95.0 cm³/mol. The van der Waals surface area contributed by atoms with E-state index in [1.165, 1.54) is 6.42 Å². The molecule has 0 heterocycles. The summed E-state index contributed by atoms with van der Waals surface area (Å²) < 4.78 is -0.429. The van der Waals surface area contributed by atoms with Crippen molar-refractivity contribution in [3.8, 4) is 0 Å². The number of hydrogen-bond acceptors (Lipinski definition) is 2. The molecule has 4 aliphatic rings. The van der Waals surface area contributed by atoms with Gasteiger partial charge in [-0.15, -0.1) is 0 Å². The summed E-state index contributed by atoms with van der Waals surface area (Å²) in [7, 11) is 0. The minimum absolute atomic E-state index is 0.0880. The average Bonchev–Trinajstić information content (AvgIpc) is 2.54. The fourth-order valence-electron chi connectivity index (χ4n) is 3.75. The molecule has 4 rings (SSSR count). The number of aliphatic hydroxyl groups excluding tert-OH is 1. The number of fused-ring (bicyclic) bond motifs is 2. The van der Waals surface area contributed by atoms with Crippen LogP contribution in [-0.2, 0) is 4.79 Å². The maximum atomic E-state index is 11.4. The predicted octanol–water partition coefficient (Wildman–Crippen LogP) is 4.34. The smallest absolute Gasteiger partial charge is 0.164 e. The number of alkyl halides is 3. The quantitative estimate of drug-likeness (QED) is 0.412. The van der Waals surface area contributed by atoms with Crippen molar-refractivity contribution in [2.24, 2.45) is 23.7 Å². The Morgan fingerprint density at radius 2 is 1.81 bits per heavy atom. The van der Waals surface area contributed by atoms with Gasteiger partial charge < -0.3 is 5.11 Å². The van der Waals surface area contributed by atoms with Gasteiger partial charge in [0.05, 0.1) is 6.10 Å². The van der Waals surface area contributed by atoms with Gasteiger partial charge >= 0.3 is 0 Å². The van der Waals surface area contributed by atoms with E-state index in [2.05, 4.69) is 72.1 Å². The number of carbonyl (C=O) groups is 1. The largest absolute Gasteiger partial charge is 0.392 e. The van der Waals surface area contributed by atoms with E-state index < -0.39 is 3.23 Å². The molecular weight excluding hydrogens is 464 g/mol. The molecular formula is C16H19Br3O2. The highest BCUT2D eigenvalue weighted by Gasteiger charge is 2.58. The van der Waals surface area contributed by atoms with E-state index in [1.807, 2.05) is 0 Å². The lowest BCUT2D eigenvalue weighted by molar-refractivity contribution is -0.132. The van der Waals surface area contributed by atoms with Gasteiger partial charge in [-0.25, -0.2) is 0 Å². The molecule has 4 aliphatic carbocycles. The van der Waals surface area contributed by atoms with Gasteiger partial charge in [0.2, 0.25) is 0 Å². The van der Waals surface area contributed by atoms with Crippen LogP contribution in [0, 0.1) is 23.7 Å². The summed E-state index contributed by atoms with van der Waals surface area (Å²) in [5.74, 6) is 2.13. The Morgan fingerprint density at radius 3 is 2.48 bits per heavy atom. The fourth-order valence-corrected chi connectivity index (χ4v) is 6.24. The van der Waals surface area contributed by atoms with Crippen molar-refractivity contribution in [1.29, 1.82) is 0 Å². The van der Waals surface area contributed by atoms with Gasteiger partial charge in [-0.2, -0.15) is 0 Å². The van der Waals surface area contributed by atoms with Crippen molar-refractivity contribution in [1.82, 2.24) is 0 Å². The lowest BCUT2D eigenvalue weighted by Gasteiger charge is -2.47. The van der Waals surface area contributed by atoms with Crippen molar-refractivity contribution in [3.63, 3.8) is 0 Å². The number of halogens is 3. The number of hydrogen-bond donors (Lipinski definition) is 1. The Labute approximate surface area is 150 Å². The molecule has 0 saturated heterocycles. The average molecular weight is 483 g/mol. The van der Waals surface area contributed by atoms with Crippen LogP contribution in [0.25, 0.3) is 0 Å². The molecule has 0 amide bonds. The Morgan fingerprint density at radius 1 is 1.14 bits per heavy atom. The molecule has 0 radical (unpaired) electrons. The molecule has 0 aliphatic heterocycles. The third-order valence-corrected chi connectivity index (χ3v) is 8.15. The van der Waals surface area contributed by atoms with Gasteiger partial charge in [0.15, 0.2) is 5.78 Å². The van der Waals surface area contributed by atoms with Gasteiger partial charge in [0, 0.05) is 16.7 Å². The van der Waals surface area contributed by atoms with E-state index in [-0.39, 0.29) is 12.0 Å². The van der Waals surface area contributed by atoms with Crippen molar-refractivity contribution in [2.45, 2.75) is 39.8 Å².